The van der Waals surface area contributed by atoms with E-state index in [0.29, 0.717) is 25.4 Å². The van der Waals surface area contributed by atoms with Gasteiger partial charge in [0.05, 0.1) is 6.10 Å². The number of furan rings is 1. The van der Waals surface area contributed by atoms with Crippen LogP contribution in [0, 0.1) is 5.92 Å². The summed E-state index contributed by atoms with van der Waals surface area (Å²) >= 11 is 3.37. The monoisotopic (exact) mass is 394 g/mol. The fraction of sp³-hybridized carbons (Fsp3) is 0.353. The van der Waals surface area contributed by atoms with Crippen LogP contribution in [0.1, 0.15) is 16.3 Å². The van der Waals surface area contributed by atoms with Gasteiger partial charge in [-0.2, -0.15) is 0 Å². The largest absolute Gasteiger partial charge is 0.486 e. The first kappa shape index (κ1) is 17.0. The maximum Gasteiger partial charge on any atom is 0.287 e. The van der Waals surface area contributed by atoms with Gasteiger partial charge in [-0.25, -0.2) is 0 Å². The first-order chi connectivity index (χ1) is 11.6. The third kappa shape index (κ3) is 4.37. The van der Waals surface area contributed by atoms with Crippen molar-refractivity contribution in [3.8, 4) is 5.75 Å². The van der Waals surface area contributed by atoms with E-state index in [1.165, 1.54) is 0 Å². The number of ether oxygens (including phenoxy) is 1. The highest BCUT2D eigenvalue weighted by atomic mass is 79.9. The average Bonchev–Trinajstić information content (AvgIpc) is 3.21. The molecule has 1 amide bonds. The summed E-state index contributed by atoms with van der Waals surface area (Å²) in [4.78, 5) is 12.1. The van der Waals surface area contributed by atoms with Gasteiger partial charge < -0.3 is 24.9 Å². The number of nitrogens with one attached hydrogen (secondary N) is 2. The molecule has 0 bridgehead atoms. The first-order valence-corrected chi connectivity index (χ1v) is 8.55. The van der Waals surface area contributed by atoms with Gasteiger partial charge in [-0.3, -0.25) is 4.79 Å². The maximum atomic E-state index is 12.1. The van der Waals surface area contributed by atoms with Gasteiger partial charge in [0.25, 0.3) is 5.91 Å². The predicted molar refractivity (Wildman–Crippen MR) is 91.9 cm³/mol. The van der Waals surface area contributed by atoms with E-state index in [0.717, 1.165) is 10.2 Å². The van der Waals surface area contributed by atoms with E-state index in [4.69, 9.17) is 9.15 Å². The Balaban J connectivity index is 1.49. The van der Waals surface area contributed by atoms with Gasteiger partial charge in [0, 0.05) is 30.0 Å². The summed E-state index contributed by atoms with van der Waals surface area (Å²) in [5.41, 5.74) is 0. The molecule has 2 unspecified atom stereocenters. The molecule has 0 spiro atoms. The molecule has 1 aromatic heterocycles. The molecule has 0 aliphatic carbocycles. The molecule has 2 heterocycles. The Kier molecular flexibility index (Phi) is 5.55. The smallest absolute Gasteiger partial charge is 0.287 e. The van der Waals surface area contributed by atoms with Crippen LogP contribution in [-0.2, 0) is 6.61 Å². The maximum absolute atomic E-state index is 12.1. The number of benzene rings is 1. The van der Waals surface area contributed by atoms with Gasteiger partial charge in [-0.1, -0.05) is 15.9 Å². The molecular formula is C17H19BrN2O4. The number of hydrogen-bond acceptors (Lipinski definition) is 5. The SMILES string of the molecule is O=C(NCC1CNCC1O)c1ccc(COc2ccc(Br)cc2)o1. The van der Waals surface area contributed by atoms with Crippen LogP contribution < -0.4 is 15.4 Å². The molecule has 1 fully saturated rings. The number of halogens is 1. The highest BCUT2D eigenvalue weighted by Gasteiger charge is 2.25. The Hall–Kier alpha value is -1.83. The van der Waals surface area contributed by atoms with Gasteiger partial charge in [-0.05, 0) is 36.4 Å². The van der Waals surface area contributed by atoms with Crippen LogP contribution in [0.5, 0.6) is 5.75 Å². The van der Waals surface area contributed by atoms with E-state index in [1.54, 1.807) is 12.1 Å². The summed E-state index contributed by atoms with van der Waals surface area (Å²) in [5.74, 6) is 1.28. The Morgan fingerprint density at radius 1 is 1.29 bits per heavy atom. The first-order valence-electron chi connectivity index (χ1n) is 7.76. The van der Waals surface area contributed by atoms with Crippen LogP contribution in [-0.4, -0.2) is 36.8 Å². The molecule has 1 aliphatic heterocycles. The highest BCUT2D eigenvalue weighted by Crippen LogP contribution is 2.18. The second-order valence-electron chi connectivity index (χ2n) is 5.70. The molecule has 2 atom stereocenters. The lowest BCUT2D eigenvalue weighted by molar-refractivity contribution is 0.0896. The summed E-state index contributed by atoms with van der Waals surface area (Å²) in [5, 5.41) is 15.6. The average molecular weight is 395 g/mol. The lowest BCUT2D eigenvalue weighted by atomic mass is 10.1. The molecule has 128 valence electrons. The van der Waals surface area contributed by atoms with Gasteiger partial charge in [0.1, 0.15) is 18.1 Å². The van der Waals surface area contributed by atoms with E-state index in [2.05, 4.69) is 26.6 Å². The fourth-order valence-corrected chi connectivity index (χ4v) is 2.77. The van der Waals surface area contributed by atoms with E-state index in [-0.39, 0.29) is 24.2 Å². The summed E-state index contributed by atoms with van der Waals surface area (Å²) in [6.07, 6.45) is -0.420. The third-order valence-electron chi connectivity index (χ3n) is 3.91. The minimum atomic E-state index is -0.420. The second kappa shape index (κ2) is 7.83. The quantitative estimate of drug-likeness (QED) is 0.696. The van der Waals surface area contributed by atoms with Crippen molar-refractivity contribution >= 4 is 21.8 Å². The zero-order chi connectivity index (χ0) is 16.9. The Morgan fingerprint density at radius 3 is 2.79 bits per heavy atom. The van der Waals surface area contributed by atoms with Gasteiger partial charge in [-0.15, -0.1) is 0 Å². The van der Waals surface area contributed by atoms with Gasteiger partial charge in [0.15, 0.2) is 5.76 Å². The van der Waals surface area contributed by atoms with E-state index in [1.807, 2.05) is 24.3 Å². The number of hydrogen-bond donors (Lipinski definition) is 3. The zero-order valence-corrected chi connectivity index (χ0v) is 14.6. The Bertz CT molecular complexity index is 686. The number of aliphatic hydroxyl groups excluding tert-OH is 1. The summed E-state index contributed by atoms with van der Waals surface area (Å²) in [6.45, 7) is 1.93. The lowest BCUT2D eigenvalue weighted by Gasteiger charge is -2.13. The molecule has 7 heteroatoms. The molecule has 3 rings (SSSR count). The topological polar surface area (TPSA) is 83.7 Å². The van der Waals surface area contributed by atoms with Crippen molar-refractivity contribution in [2.45, 2.75) is 12.7 Å². The number of carbonyl (C=O) groups is 1. The minimum Gasteiger partial charge on any atom is -0.486 e. The third-order valence-corrected chi connectivity index (χ3v) is 4.44. The van der Waals surface area contributed by atoms with Crippen molar-refractivity contribution in [3.05, 3.63) is 52.4 Å². The normalized spacial score (nSPS) is 20.1. The molecule has 2 aromatic rings. The molecule has 1 saturated heterocycles. The molecule has 6 nitrogen and oxygen atoms in total. The van der Waals surface area contributed by atoms with Crippen molar-refractivity contribution < 1.29 is 19.1 Å². The van der Waals surface area contributed by atoms with Crippen molar-refractivity contribution in [3.63, 3.8) is 0 Å². The number of β-amino-alcohol motifs (C(OH)–C–C–N with tert-alkyl or cyclic N) is 1. The molecule has 3 N–H and O–H groups in total. The minimum absolute atomic E-state index is 0.0316. The Labute approximate surface area is 148 Å². The van der Waals surface area contributed by atoms with Gasteiger partial charge in [0.2, 0.25) is 0 Å². The van der Waals surface area contributed by atoms with Crippen LogP contribution in [0.15, 0.2) is 45.3 Å². The Morgan fingerprint density at radius 2 is 2.08 bits per heavy atom. The van der Waals surface area contributed by atoms with E-state index in [9.17, 15) is 9.90 Å². The van der Waals surface area contributed by atoms with E-state index < -0.39 is 6.10 Å². The summed E-state index contributed by atoms with van der Waals surface area (Å²) in [7, 11) is 0. The number of carbonyl (C=O) groups excluding carboxylic acids is 1. The number of rotatable bonds is 6. The molecule has 1 aromatic carbocycles. The molecule has 0 radical (unpaired) electrons. The zero-order valence-electron chi connectivity index (χ0n) is 13.0. The van der Waals surface area contributed by atoms with Crippen molar-refractivity contribution in [1.29, 1.82) is 0 Å². The van der Waals surface area contributed by atoms with Crippen LogP contribution in [0.2, 0.25) is 0 Å². The number of aliphatic hydroxyl groups is 1. The second-order valence-corrected chi connectivity index (χ2v) is 6.62. The fourth-order valence-electron chi connectivity index (χ4n) is 2.50. The van der Waals surface area contributed by atoms with Crippen LogP contribution in [0.25, 0.3) is 0 Å². The molecular weight excluding hydrogens is 376 g/mol. The van der Waals surface area contributed by atoms with E-state index >= 15 is 0 Å². The van der Waals surface area contributed by atoms with Crippen molar-refractivity contribution in [1.82, 2.24) is 10.6 Å². The summed E-state index contributed by atoms with van der Waals surface area (Å²) < 4.78 is 12.1. The highest BCUT2D eigenvalue weighted by molar-refractivity contribution is 9.10. The van der Waals surface area contributed by atoms with Crippen LogP contribution >= 0.6 is 15.9 Å². The van der Waals surface area contributed by atoms with Crippen LogP contribution in [0.3, 0.4) is 0 Å². The van der Waals surface area contributed by atoms with Crippen molar-refractivity contribution in [2.24, 2.45) is 5.92 Å². The molecule has 0 saturated carbocycles. The number of amides is 1. The van der Waals surface area contributed by atoms with Gasteiger partial charge >= 0.3 is 0 Å². The molecule has 1 aliphatic rings. The standard InChI is InChI=1S/C17H19BrN2O4/c18-12-1-3-13(4-2-12)23-10-14-5-6-16(24-14)17(22)20-8-11-7-19-9-15(11)21/h1-6,11,15,19,21H,7-10H2,(H,20,22). The predicted octanol–water partition coefficient (Wildman–Crippen LogP) is 1.93. The summed E-state index contributed by atoms with van der Waals surface area (Å²) in [6, 6.07) is 10.8. The van der Waals surface area contributed by atoms with Crippen molar-refractivity contribution in [2.75, 3.05) is 19.6 Å². The van der Waals surface area contributed by atoms with Crippen LogP contribution in [0.4, 0.5) is 0 Å². The lowest BCUT2D eigenvalue weighted by Crippen LogP contribution is -2.34. The molecule has 24 heavy (non-hydrogen) atoms.